The summed E-state index contributed by atoms with van der Waals surface area (Å²) in [4.78, 5) is 0. The molecule has 0 bridgehead atoms. The summed E-state index contributed by atoms with van der Waals surface area (Å²) in [5.41, 5.74) is 1.15. The zero-order valence-corrected chi connectivity index (χ0v) is 9.27. The minimum Gasteiger partial charge on any atom is -0.508 e. The van der Waals surface area contributed by atoms with Crippen molar-refractivity contribution in [2.75, 3.05) is 5.75 Å². The lowest BCUT2D eigenvalue weighted by Gasteiger charge is -2.23. The maximum absolute atomic E-state index is 9.44. The fourth-order valence-corrected chi connectivity index (χ4v) is 2.27. The molecule has 1 aliphatic rings. The lowest BCUT2D eigenvalue weighted by Crippen LogP contribution is -2.12. The van der Waals surface area contributed by atoms with E-state index in [2.05, 4.69) is 36.9 Å². The van der Waals surface area contributed by atoms with Crippen LogP contribution in [0.4, 0.5) is 0 Å². The maximum atomic E-state index is 9.44. The van der Waals surface area contributed by atoms with Crippen molar-refractivity contribution in [1.29, 1.82) is 0 Å². The number of rotatable bonds is 2. The van der Waals surface area contributed by atoms with E-state index in [1.54, 1.807) is 6.07 Å². The Morgan fingerprint density at radius 2 is 2.00 bits per heavy atom. The number of phenolic OH excluding ortho intramolecular Hbond substituents is 1. The van der Waals surface area contributed by atoms with Gasteiger partial charge in [0.15, 0.2) is 0 Å². The van der Waals surface area contributed by atoms with Crippen molar-refractivity contribution in [2.45, 2.75) is 5.92 Å². The summed E-state index contributed by atoms with van der Waals surface area (Å²) in [6, 6.07) is 7.45. The van der Waals surface area contributed by atoms with Gasteiger partial charge in [-0.2, -0.15) is 12.6 Å². The van der Waals surface area contributed by atoms with Gasteiger partial charge < -0.3 is 5.11 Å². The number of thiol groups is 1. The van der Waals surface area contributed by atoms with Crippen molar-refractivity contribution in [1.82, 2.24) is 0 Å². The average molecular weight is 218 g/mol. The van der Waals surface area contributed by atoms with Gasteiger partial charge in [-0.05, 0) is 29.4 Å². The Balaban J connectivity index is 2.29. The highest BCUT2D eigenvalue weighted by Crippen LogP contribution is 2.32. The molecule has 2 unspecified atom stereocenters. The van der Waals surface area contributed by atoms with Gasteiger partial charge in [0.05, 0.1) is 0 Å². The molecule has 0 radical (unpaired) electrons. The number of benzene rings is 1. The van der Waals surface area contributed by atoms with Crippen molar-refractivity contribution in [2.24, 2.45) is 5.92 Å². The summed E-state index contributed by atoms with van der Waals surface area (Å²) in [5.74, 6) is 1.90. The van der Waals surface area contributed by atoms with E-state index in [-0.39, 0.29) is 0 Å². The van der Waals surface area contributed by atoms with Crippen LogP contribution in [0.2, 0.25) is 0 Å². The highest BCUT2D eigenvalue weighted by Gasteiger charge is 2.19. The standard InChI is InChI=1S/C13H14OS/c14-12-6-3-5-10(8-12)13-7-2-1-4-11(13)9-15/h1-8,11,13-15H,9H2. The molecule has 78 valence electrons. The zero-order chi connectivity index (χ0) is 10.7. The van der Waals surface area contributed by atoms with Crippen molar-refractivity contribution < 1.29 is 5.11 Å². The monoisotopic (exact) mass is 218 g/mol. The molecule has 0 heterocycles. The minimum atomic E-state index is 0.327. The van der Waals surface area contributed by atoms with Crippen molar-refractivity contribution in [3.05, 3.63) is 54.1 Å². The molecular weight excluding hydrogens is 204 g/mol. The Hall–Kier alpha value is -1.15. The molecule has 2 rings (SSSR count). The topological polar surface area (TPSA) is 20.2 Å². The molecule has 1 aromatic carbocycles. The van der Waals surface area contributed by atoms with E-state index >= 15 is 0 Å². The van der Waals surface area contributed by atoms with E-state index < -0.39 is 0 Å². The summed E-state index contributed by atoms with van der Waals surface area (Å²) in [6.07, 6.45) is 8.44. The van der Waals surface area contributed by atoms with E-state index in [4.69, 9.17) is 0 Å². The lowest BCUT2D eigenvalue weighted by atomic mass is 9.84. The van der Waals surface area contributed by atoms with Gasteiger partial charge >= 0.3 is 0 Å². The van der Waals surface area contributed by atoms with E-state index in [1.165, 1.54) is 0 Å². The third-order valence-corrected chi connectivity index (χ3v) is 3.14. The molecule has 0 amide bonds. The van der Waals surface area contributed by atoms with Gasteiger partial charge in [-0.15, -0.1) is 0 Å². The first kappa shape index (κ1) is 10.4. The minimum absolute atomic E-state index is 0.327. The molecule has 1 nitrogen and oxygen atoms in total. The summed E-state index contributed by atoms with van der Waals surface area (Å²) < 4.78 is 0. The highest BCUT2D eigenvalue weighted by molar-refractivity contribution is 7.80. The maximum Gasteiger partial charge on any atom is 0.115 e. The van der Waals surface area contributed by atoms with E-state index in [9.17, 15) is 5.11 Å². The highest BCUT2D eigenvalue weighted by atomic mass is 32.1. The summed E-state index contributed by atoms with van der Waals surface area (Å²) in [7, 11) is 0. The van der Waals surface area contributed by atoms with Crippen LogP contribution in [0.5, 0.6) is 5.75 Å². The molecule has 0 spiro atoms. The van der Waals surface area contributed by atoms with Crippen LogP contribution in [0.15, 0.2) is 48.6 Å². The Kier molecular flexibility index (Phi) is 3.17. The molecule has 2 atom stereocenters. The molecule has 0 fully saturated rings. The van der Waals surface area contributed by atoms with Crippen molar-refractivity contribution >= 4 is 12.6 Å². The van der Waals surface area contributed by atoms with Crippen LogP contribution in [-0.2, 0) is 0 Å². The first-order valence-corrected chi connectivity index (χ1v) is 5.69. The number of hydrogen-bond acceptors (Lipinski definition) is 2. The van der Waals surface area contributed by atoms with Gasteiger partial charge in [0.1, 0.15) is 5.75 Å². The van der Waals surface area contributed by atoms with Crippen LogP contribution in [0.1, 0.15) is 11.5 Å². The van der Waals surface area contributed by atoms with Crippen LogP contribution in [-0.4, -0.2) is 10.9 Å². The van der Waals surface area contributed by atoms with Gasteiger partial charge in [0.25, 0.3) is 0 Å². The van der Waals surface area contributed by atoms with Crippen LogP contribution in [0.3, 0.4) is 0 Å². The number of aromatic hydroxyl groups is 1. The number of allylic oxidation sites excluding steroid dienone is 4. The third kappa shape index (κ3) is 2.26. The average Bonchev–Trinajstić information content (AvgIpc) is 2.29. The lowest BCUT2D eigenvalue weighted by molar-refractivity contribution is 0.473. The molecule has 15 heavy (non-hydrogen) atoms. The second-order valence-corrected chi connectivity index (χ2v) is 4.10. The summed E-state index contributed by atoms with van der Waals surface area (Å²) in [5, 5.41) is 9.44. The van der Waals surface area contributed by atoms with E-state index in [0.29, 0.717) is 17.6 Å². The number of phenols is 1. The second kappa shape index (κ2) is 4.58. The molecule has 1 N–H and O–H groups in total. The molecule has 0 aliphatic heterocycles. The van der Waals surface area contributed by atoms with E-state index in [1.807, 2.05) is 18.2 Å². The fraction of sp³-hybridized carbons (Fsp3) is 0.231. The molecule has 0 saturated heterocycles. The van der Waals surface area contributed by atoms with Gasteiger partial charge in [0.2, 0.25) is 0 Å². The third-order valence-electron chi connectivity index (χ3n) is 2.72. The Morgan fingerprint density at radius 1 is 1.20 bits per heavy atom. The molecule has 1 aromatic rings. The summed E-state index contributed by atoms with van der Waals surface area (Å²) in [6.45, 7) is 0. The van der Waals surface area contributed by atoms with Crippen LogP contribution in [0, 0.1) is 5.92 Å². The first-order valence-electron chi connectivity index (χ1n) is 5.06. The SMILES string of the molecule is Oc1cccc(C2C=CC=CC2CS)c1. The first-order chi connectivity index (χ1) is 7.31. The zero-order valence-electron chi connectivity index (χ0n) is 8.38. The second-order valence-electron chi connectivity index (χ2n) is 3.74. The number of hydrogen-bond donors (Lipinski definition) is 2. The predicted octanol–water partition coefficient (Wildman–Crippen LogP) is 3.15. The molecule has 1 aliphatic carbocycles. The molecule has 2 heteroatoms. The van der Waals surface area contributed by atoms with Gasteiger partial charge in [0, 0.05) is 5.92 Å². The van der Waals surface area contributed by atoms with Gasteiger partial charge in [-0.25, -0.2) is 0 Å². The van der Waals surface area contributed by atoms with Crippen molar-refractivity contribution in [3.8, 4) is 5.75 Å². The Labute approximate surface area is 95.6 Å². The van der Waals surface area contributed by atoms with E-state index in [0.717, 1.165) is 11.3 Å². The predicted molar refractivity (Wildman–Crippen MR) is 66.5 cm³/mol. The Bertz CT molecular complexity index is 395. The summed E-state index contributed by atoms with van der Waals surface area (Å²) >= 11 is 4.35. The molecule has 0 saturated carbocycles. The van der Waals surface area contributed by atoms with Crippen LogP contribution >= 0.6 is 12.6 Å². The molecule has 0 aromatic heterocycles. The van der Waals surface area contributed by atoms with Crippen LogP contribution < -0.4 is 0 Å². The quantitative estimate of drug-likeness (QED) is 0.731. The van der Waals surface area contributed by atoms with Gasteiger partial charge in [-0.3, -0.25) is 0 Å². The molecular formula is C13H14OS. The smallest absolute Gasteiger partial charge is 0.115 e. The van der Waals surface area contributed by atoms with Crippen molar-refractivity contribution in [3.63, 3.8) is 0 Å². The fourth-order valence-electron chi connectivity index (χ4n) is 1.92. The van der Waals surface area contributed by atoms with Gasteiger partial charge in [-0.1, -0.05) is 36.4 Å². The normalized spacial score (nSPS) is 24.3. The van der Waals surface area contributed by atoms with Crippen LogP contribution in [0.25, 0.3) is 0 Å². The largest absolute Gasteiger partial charge is 0.508 e. The Morgan fingerprint density at radius 3 is 2.73 bits per heavy atom.